The molecule has 4 N–H and O–H groups in total. The molecule has 32 heavy (non-hydrogen) atoms. The lowest BCUT2D eigenvalue weighted by Gasteiger charge is -2.08. The summed E-state index contributed by atoms with van der Waals surface area (Å²) in [7, 11) is 1.51. The van der Waals surface area contributed by atoms with Crippen LogP contribution in [-0.2, 0) is 16.1 Å². The number of rotatable bonds is 11. The third-order valence-corrected chi connectivity index (χ3v) is 4.68. The van der Waals surface area contributed by atoms with Gasteiger partial charge >= 0.3 is 0 Å². The van der Waals surface area contributed by atoms with Crippen LogP contribution in [0.1, 0.15) is 64.4 Å². The highest BCUT2D eigenvalue weighted by molar-refractivity contribution is 5.88. The van der Waals surface area contributed by atoms with Crippen molar-refractivity contribution in [2.24, 2.45) is 0 Å². The van der Waals surface area contributed by atoms with Gasteiger partial charge in [0, 0.05) is 25.6 Å². The molecule has 0 aliphatic heterocycles. The van der Waals surface area contributed by atoms with Gasteiger partial charge < -0.3 is 25.6 Å². The molecule has 0 saturated carbocycles. The number of ether oxygens (including phenoxy) is 1. The molecule has 0 heterocycles. The van der Waals surface area contributed by atoms with Crippen LogP contribution in [0.15, 0.2) is 42.5 Å². The van der Waals surface area contributed by atoms with E-state index in [9.17, 15) is 14.7 Å². The molecule has 2 aromatic rings. The Bertz CT molecular complexity index is 822. The maximum atomic E-state index is 11.7. The first-order valence-corrected chi connectivity index (χ1v) is 11.0. The summed E-state index contributed by atoms with van der Waals surface area (Å²) in [6, 6.07) is 11.4. The number of benzene rings is 2. The van der Waals surface area contributed by atoms with Crippen LogP contribution in [0.25, 0.3) is 0 Å². The molecule has 2 rings (SSSR count). The Morgan fingerprint density at radius 1 is 0.938 bits per heavy atom. The molecule has 2 amide bonds. The number of aromatic hydroxyl groups is 2. The molecule has 2 aromatic carbocycles. The number of hydrogen-bond donors (Lipinski definition) is 4. The van der Waals surface area contributed by atoms with Crippen molar-refractivity contribution in [1.82, 2.24) is 5.32 Å². The van der Waals surface area contributed by atoms with Crippen LogP contribution in [0.2, 0.25) is 0 Å². The molecule has 0 aromatic heterocycles. The number of carbonyl (C=O) groups is 2. The molecule has 0 aliphatic carbocycles. The maximum Gasteiger partial charge on any atom is 0.221 e. The van der Waals surface area contributed by atoms with Crippen molar-refractivity contribution in [3.05, 3.63) is 48.0 Å². The van der Waals surface area contributed by atoms with Gasteiger partial charge in [-0.15, -0.1) is 0 Å². The van der Waals surface area contributed by atoms with Crippen LogP contribution in [0.3, 0.4) is 0 Å². The molecule has 0 radical (unpaired) electrons. The van der Waals surface area contributed by atoms with Crippen LogP contribution in [0.5, 0.6) is 17.2 Å². The molecule has 0 bridgehead atoms. The van der Waals surface area contributed by atoms with Crippen molar-refractivity contribution >= 4 is 17.5 Å². The molecule has 7 heteroatoms. The van der Waals surface area contributed by atoms with Gasteiger partial charge in [0.15, 0.2) is 11.5 Å². The largest absolute Gasteiger partial charge is 0.508 e. The quantitative estimate of drug-likeness (QED) is 0.284. The first-order valence-electron chi connectivity index (χ1n) is 11.0. The monoisotopic (exact) mass is 444 g/mol. The zero-order chi connectivity index (χ0) is 23.8. The normalized spacial score (nSPS) is 9.97. The number of anilines is 1. The summed E-state index contributed by atoms with van der Waals surface area (Å²) in [5.74, 6) is 0.699. The second-order valence-corrected chi connectivity index (χ2v) is 7.53. The van der Waals surface area contributed by atoms with E-state index >= 15 is 0 Å². The van der Waals surface area contributed by atoms with Crippen molar-refractivity contribution in [3.8, 4) is 17.2 Å². The van der Waals surface area contributed by atoms with Gasteiger partial charge in [0.1, 0.15) is 5.75 Å². The highest BCUT2D eigenvalue weighted by Gasteiger charge is 2.05. The number of methoxy groups -OCH3 is 1. The Balaban J connectivity index is 0.000000389. The Morgan fingerprint density at radius 3 is 2.22 bits per heavy atom. The molecule has 7 nitrogen and oxygen atoms in total. The van der Waals surface area contributed by atoms with Crippen molar-refractivity contribution in [3.63, 3.8) is 0 Å². The third-order valence-electron chi connectivity index (χ3n) is 4.68. The summed E-state index contributed by atoms with van der Waals surface area (Å²) in [6.45, 7) is 4.10. The Labute approximate surface area is 190 Å². The second-order valence-electron chi connectivity index (χ2n) is 7.53. The van der Waals surface area contributed by atoms with Gasteiger partial charge in [0.05, 0.1) is 7.11 Å². The number of hydrogen-bond acceptors (Lipinski definition) is 5. The van der Waals surface area contributed by atoms with E-state index in [2.05, 4.69) is 17.6 Å². The van der Waals surface area contributed by atoms with Crippen LogP contribution < -0.4 is 15.4 Å². The topological polar surface area (TPSA) is 108 Å². The van der Waals surface area contributed by atoms with E-state index in [1.165, 1.54) is 51.8 Å². The van der Waals surface area contributed by atoms with Gasteiger partial charge in [-0.3, -0.25) is 9.59 Å². The molecule has 0 aliphatic rings. The molecule has 176 valence electrons. The number of unbranched alkanes of at least 4 members (excludes halogenated alkanes) is 5. The lowest BCUT2D eigenvalue weighted by molar-refractivity contribution is -0.121. The fraction of sp³-hybridized carbons (Fsp3) is 0.440. The highest BCUT2D eigenvalue weighted by atomic mass is 16.5. The average Bonchev–Trinajstić information content (AvgIpc) is 2.77. The van der Waals surface area contributed by atoms with Crippen molar-refractivity contribution in [1.29, 1.82) is 0 Å². The minimum Gasteiger partial charge on any atom is -0.508 e. The van der Waals surface area contributed by atoms with Crippen molar-refractivity contribution in [2.45, 2.75) is 65.3 Å². The first-order chi connectivity index (χ1) is 15.3. The molecule has 0 atom stereocenters. The predicted molar refractivity (Wildman–Crippen MR) is 127 cm³/mol. The Morgan fingerprint density at radius 2 is 1.59 bits per heavy atom. The van der Waals surface area contributed by atoms with E-state index in [4.69, 9.17) is 9.84 Å². The Hall–Kier alpha value is -3.22. The van der Waals surface area contributed by atoms with Crippen LogP contribution in [0, 0.1) is 0 Å². The second kappa shape index (κ2) is 15.6. The summed E-state index contributed by atoms with van der Waals surface area (Å²) in [5, 5.41) is 23.9. The summed E-state index contributed by atoms with van der Waals surface area (Å²) >= 11 is 0. The number of nitrogens with one attached hydrogen (secondary N) is 2. The Kier molecular flexibility index (Phi) is 13.0. The minimum absolute atomic E-state index is 0.0810. The van der Waals surface area contributed by atoms with E-state index in [0.717, 1.165) is 18.4 Å². The zero-order valence-electron chi connectivity index (χ0n) is 19.3. The average molecular weight is 445 g/mol. The van der Waals surface area contributed by atoms with Crippen LogP contribution >= 0.6 is 0 Å². The van der Waals surface area contributed by atoms with Crippen LogP contribution in [0.4, 0.5) is 5.69 Å². The van der Waals surface area contributed by atoms with Gasteiger partial charge in [0.2, 0.25) is 11.8 Å². The molecular weight excluding hydrogens is 408 g/mol. The lowest BCUT2D eigenvalue weighted by Crippen LogP contribution is -2.22. The molecule has 0 unspecified atom stereocenters. The van der Waals surface area contributed by atoms with E-state index < -0.39 is 0 Å². The SMILES string of the molecule is CC(=O)Nc1ccc(O)cc1.CCCCCCCCC(=O)NCc1ccc(O)c(OC)c1. The van der Waals surface area contributed by atoms with Crippen molar-refractivity contribution < 1.29 is 24.5 Å². The van der Waals surface area contributed by atoms with Gasteiger partial charge in [-0.25, -0.2) is 0 Å². The zero-order valence-corrected chi connectivity index (χ0v) is 19.3. The van der Waals surface area contributed by atoms with Crippen molar-refractivity contribution in [2.75, 3.05) is 12.4 Å². The van der Waals surface area contributed by atoms with E-state index in [-0.39, 0.29) is 23.3 Å². The molecule has 0 fully saturated rings. The summed E-state index contributed by atoms with van der Waals surface area (Å²) in [6.07, 6.45) is 7.68. The van der Waals surface area contributed by atoms with Gasteiger partial charge in [0.25, 0.3) is 0 Å². The lowest BCUT2D eigenvalue weighted by atomic mass is 10.1. The van der Waals surface area contributed by atoms with Gasteiger partial charge in [-0.2, -0.15) is 0 Å². The van der Waals surface area contributed by atoms with Gasteiger partial charge in [-0.05, 0) is 48.4 Å². The first kappa shape index (κ1) is 26.8. The number of amides is 2. The van der Waals surface area contributed by atoms with Gasteiger partial charge in [-0.1, -0.05) is 45.1 Å². The minimum atomic E-state index is -0.115. The predicted octanol–water partition coefficient (Wildman–Crippen LogP) is 5.12. The van der Waals surface area contributed by atoms with E-state index in [0.29, 0.717) is 24.4 Å². The van der Waals surface area contributed by atoms with Crippen LogP contribution in [-0.4, -0.2) is 29.1 Å². The van der Waals surface area contributed by atoms with E-state index in [1.807, 2.05) is 0 Å². The molecule has 0 saturated heterocycles. The highest BCUT2D eigenvalue weighted by Crippen LogP contribution is 2.26. The molecule has 0 spiro atoms. The number of phenols is 2. The summed E-state index contributed by atoms with van der Waals surface area (Å²) < 4.78 is 5.04. The maximum absolute atomic E-state index is 11.7. The number of phenolic OH excluding ortho intramolecular Hbond substituents is 2. The number of carbonyl (C=O) groups excluding carboxylic acids is 2. The fourth-order valence-electron chi connectivity index (χ4n) is 2.93. The standard InChI is InChI=1S/C17H27NO3.C8H9NO2/c1-3-4-5-6-7-8-9-17(20)18-13-14-10-11-15(19)16(12-14)21-2;1-6(10)9-7-2-4-8(11)5-3-7/h10-12,19H,3-9,13H2,1-2H3,(H,18,20);2-5,11H,1H3,(H,9,10). The smallest absolute Gasteiger partial charge is 0.221 e. The molecular formula is C25H36N2O5. The summed E-state index contributed by atoms with van der Waals surface area (Å²) in [5.41, 5.74) is 1.61. The van der Waals surface area contributed by atoms with E-state index in [1.54, 1.807) is 30.3 Å². The third kappa shape index (κ3) is 11.8. The summed E-state index contributed by atoms with van der Waals surface area (Å²) in [4.78, 5) is 22.3. The fourth-order valence-corrected chi connectivity index (χ4v) is 2.93.